The highest BCUT2D eigenvalue weighted by atomic mass is 16.6. The average Bonchev–Trinajstić information content (AvgIpc) is 2.38. The molecule has 0 radical (unpaired) electrons. The van der Waals surface area contributed by atoms with Crippen LogP contribution in [0, 0.1) is 26.9 Å². The Balaban J connectivity index is 2.26. The van der Waals surface area contributed by atoms with Crippen LogP contribution in [-0.2, 0) is 0 Å². The molecule has 1 aromatic rings. The molecule has 5 nitrogen and oxygen atoms in total. The second kappa shape index (κ2) is 4.88. The number of benzene rings is 1. The van der Waals surface area contributed by atoms with Gasteiger partial charge < -0.3 is 4.90 Å². The van der Waals surface area contributed by atoms with E-state index in [4.69, 9.17) is 5.26 Å². The Labute approximate surface area is 112 Å². The molecule has 2 rings (SSSR count). The molecule has 5 heteroatoms. The van der Waals surface area contributed by atoms with Gasteiger partial charge in [0.15, 0.2) is 0 Å². The molecule has 0 aromatic heterocycles. The molecule has 0 saturated carbocycles. The summed E-state index contributed by atoms with van der Waals surface area (Å²) < 4.78 is 0. The van der Waals surface area contributed by atoms with Crippen LogP contribution in [0.25, 0.3) is 0 Å². The van der Waals surface area contributed by atoms with Crippen LogP contribution >= 0.6 is 0 Å². The summed E-state index contributed by atoms with van der Waals surface area (Å²) in [6, 6.07) is 6.58. The lowest BCUT2D eigenvalue weighted by atomic mass is 9.82. The van der Waals surface area contributed by atoms with Gasteiger partial charge >= 0.3 is 0 Å². The largest absolute Gasteiger partial charge is 0.370 e. The number of hydrogen-bond acceptors (Lipinski definition) is 4. The Kier molecular flexibility index (Phi) is 3.43. The van der Waals surface area contributed by atoms with E-state index in [0.29, 0.717) is 11.0 Å². The van der Waals surface area contributed by atoms with E-state index < -0.39 is 4.92 Å². The van der Waals surface area contributed by atoms with Crippen molar-refractivity contribution in [3.8, 4) is 6.07 Å². The lowest BCUT2D eigenvalue weighted by Gasteiger charge is -2.38. The normalized spacial score (nSPS) is 17.8. The van der Waals surface area contributed by atoms with Gasteiger partial charge in [-0.25, -0.2) is 0 Å². The van der Waals surface area contributed by atoms with E-state index in [1.165, 1.54) is 12.1 Å². The average molecular weight is 259 g/mol. The molecule has 19 heavy (non-hydrogen) atoms. The number of hydrogen-bond donors (Lipinski definition) is 0. The van der Waals surface area contributed by atoms with Gasteiger partial charge in [-0.05, 0) is 24.3 Å². The van der Waals surface area contributed by atoms with Gasteiger partial charge in [0.1, 0.15) is 6.07 Å². The SMILES string of the molecule is CC1(C)CCN(c2ccc([N+](=O)[O-])cc2C#N)CC1. The summed E-state index contributed by atoms with van der Waals surface area (Å²) in [5.41, 5.74) is 1.50. The van der Waals surface area contributed by atoms with Gasteiger partial charge in [-0.2, -0.15) is 5.26 Å². The van der Waals surface area contributed by atoms with E-state index in [9.17, 15) is 10.1 Å². The zero-order valence-corrected chi connectivity index (χ0v) is 11.2. The van der Waals surface area contributed by atoms with Crippen LogP contribution in [0.5, 0.6) is 0 Å². The number of piperidine rings is 1. The van der Waals surface area contributed by atoms with Crippen molar-refractivity contribution in [2.24, 2.45) is 5.41 Å². The summed E-state index contributed by atoms with van der Waals surface area (Å²) in [6.07, 6.45) is 2.13. The van der Waals surface area contributed by atoms with Crippen molar-refractivity contribution in [3.63, 3.8) is 0 Å². The highest BCUT2D eigenvalue weighted by Crippen LogP contribution is 2.34. The Hall–Kier alpha value is -2.09. The van der Waals surface area contributed by atoms with Crippen LogP contribution in [-0.4, -0.2) is 18.0 Å². The van der Waals surface area contributed by atoms with Gasteiger partial charge in [-0.15, -0.1) is 0 Å². The molecule has 1 saturated heterocycles. The molecule has 1 aromatic carbocycles. The Morgan fingerprint density at radius 2 is 2.00 bits per heavy atom. The highest BCUT2D eigenvalue weighted by molar-refractivity contribution is 5.63. The number of rotatable bonds is 2. The molecular formula is C14H17N3O2. The van der Waals surface area contributed by atoms with Crippen LogP contribution in [0.1, 0.15) is 32.3 Å². The monoisotopic (exact) mass is 259 g/mol. The van der Waals surface area contributed by atoms with Gasteiger partial charge in [0.2, 0.25) is 0 Å². The summed E-state index contributed by atoms with van der Waals surface area (Å²) in [4.78, 5) is 12.4. The fraction of sp³-hybridized carbons (Fsp3) is 0.500. The maximum atomic E-state index is 10.7. The van der Waals surface area contributed by atoms with Crippen molar-refractivity contribution in [1.29, 1.82) is 5.26 Å². The van der Waals surface area contributed by atoms with Crippen LogP contribution in [0.15, 0.2) is 18.2 Å². The van der Waals surface area contributed by atoms with E-state index in [1.807, 2.05) is 0 Å². The minimum Gasteiger partial charge on any atom is -0.370 e. The van der Waals surface area contributed by atoms with E-state index in [0.717, 1.165) is 31.6 Å². The van der Waals surface area contributed by atoms with Gasteiger partial charge in [-0.1, -0.05) is 13.8 Å². The summed E-state index contributed by atoms with van der Waals surface area (Å²) in [5, 5.41) is 19.9. The zero-order valence-electron chi connectivity index (χ0n) is 11.2. The quantitative estimate of drug-likeness (QED) is 0.604. The molecule has 0 bridgehead atoms. The maximum absolute atomic E-state index is 10.7. The smallest absolute Gasteiger partial charge is 0.270 e. The number of nitriles is 1. The first-order chi connectivity index (χ1) is 8.93. The molecule has 0 aliphatic carbocycles. The second-order valence-electron chi connectivity index (χ2n) is 5.72. The summed E-state index contributed by atoms with van der Waals surface area (Å²) >= 11 is 0. The lowest BCUT2D eigenvalue weighted by molar-refractivity contribution is -0.384. The first-order valence-electron chi connectivity index (χ1n) is 6.36. The number of nitrogens with zero attached hydrogens (tertiary/aromatic N) is 3. The molecule has 1 aliphatic rings. The summed E-state index contributed by atoms with van der Waals surface area (Å²) in [5.74, 6) is 0. The van der Waals surface area contributed by atoms with Crippen molar-refractivity contribution in [2.45, 2.75) is 26.7 Å². The third kappa shape index (κ3) is 2.84. The first kappa shape index (κ1) is 13.3. The van der Waals surface area contributed by atoms with Crippen LogP contribution < -0.4 is 4.90 Å². The summed E-state index contributed by atoms with van der Waals surface area (Å²) in [6.45, 7) is 6.26. The molecule has 0 spiro atoms. The van der Waals surface area contributed by atoms with Crippen LogP contribution in [0.4, 0.5) is 11.4 Å². The van der Waals surface area contributed by atoms with E-state index >= 15 is 0 Å². The number of nitro groups is 1. The molecule has 1 aliphatic heterocycles. The van der Waals surface area contributed by atoms with Gasteiger partial charge in [0.25, 0.3) is 5.69 Å². The molecule has 0 N–H and O–H groups in total. The molecule has 100 valence electrons. The van der Waals surface area contributed by atoms with E-state index in [2.05, 4.69) is 24.8 Å². The minimum absolute atomic E-state index is 0.0300. The van der Waals surface area contributed by atoms with Crippen molar-refractivity contribution in [1.82, 2.24) is 0 Å². The van der Waals surface area contributed by atoms with Crippen molar-refractivity contribution in [3.05, 3.63) is 33.9 Å². The third-order valence-electron chi connectivity index (χ3n) is 3.77. The molecule has 1 fully saturated rings. The van der Waals surface area contributed by atoms with Gasteiger partial charge in [0.05, 0.1) is 16.2 Å². The fourth-order valence-corrected chi connectivity index (χ4v) is 2.36. The first-order valence-corrected chi connectivity index (χ1v) is 6.36. The molecule has 0 unspecified atom stereocenters. The lowest BCUT2D eigenvalue weighted by Crippen LogP contribution is -2.37. The molecule has 0 amide bonds. The van der Waals surface area contributed by atoms with Gasteiger partial charge in [-0.3, -0.25) is 10.1 Å². The molecule has 1 heterocycles. The van der Waals surface area contributed by atoms with Crippen molar-refractivity contribution in [2.75, 3.05) is 18.0 Å². The maximum Gasteiger partial charge on any atom is 0.270 e. The van der Waals surface area contributed by atoms with Crippen molar-refractivity contribution >= 4 is 11.4 Å². The van der Waals surface area contributed by atoms with Crippen LogP contribution in [0.2, 0.25) is 0 Å². The second-order valence-corrected chi connectivity index (χ2v) is 5.72. The van der Waals surface area contributed by atoms with Gasteiger partial charge in [0, 0.05) is 25.2 Å². The number of non-ortho nitro benzene ring substituents is 1. The standard InChI is InChI=1S/C14H17N3O2/c1-14(2)5-7-16(8-6-14)13-4-3-12(17(18)19)9-11(13)10-15/h3-4,9H,5-8H2,1-2H3. The predicted molar refractivity (Wildman–Crippen MR) is 73.0 cm³/mol. The number of anilines is 1. The highest BCUT2D eigenvalue weighted by Gasteiger charge is 2.26. The molecular weight excluding hydrogens is 242 g/mol. The van der Waals surface area contributed by atoms with Crippen molar-refractivity contribution < 1.29 is 4.92 Å². The van der Waals surface area contributed by atoms with Crippen LogP contribution in [0.3, 0.4) is 0 Å². The number of nitro benzene ring substituents is 1. The Morgan fingerprint density at radius 1 is 1.37 bits per heavy atom. The zero-order chi connectivity index (χ0) is 14.0. The van der Waals surface area contributed by atoms with E-state index in [1.54, 1.807) is 6.07 Å². The Morgan fingerprint density at radius 3 is 2.53 bits per heavy atom. The van der Waals surface area contributed by atoms with E-state index in [-0.39, 0.29) is 5.69 Å². The predicted octanol–water partition coefficient (Wildman–Crippen LogP) is 3.09. The third-order valence-corrected chi connectivity index (χ3v) is 3.77. The topological polar surface area (TPSA) is 70.2 Å². The fourth-order valence-electron chi connectivity index (χ4n) is 2.36. The molecule has 0 atom stereocenters. The summed E-state index contributed by atoms with van der Waals surface area (Å²) in [7, 11) is 0. The minimum atomic E-state index is -0.468. The Bertz CT molecular complexity index is 536.